The molecule has 0 saturated carbocycles. The standard InChI is InChI=1S/C34H36ClNO2/c1-34(2,38-33-15-5-6-22-37-33)31-14-4-3-12-27(31)13-8-11-25-9-7-10-26(23-25)16-20-30-21-18-28-17-19-29(35)24-32(28)36-30/h3-4,7,9-10,12,14,16-21,23-24,33H,5-6,8,11,13,15,22H2,1-2H3/b20-16+. The number of ether oxygens (including phenoxy) is 2. The number of nitrogens with zero attached hydrogens (tertiary/aromatic N) is 1. The minimum absolute atomic E-state index is 0.106. The highest BCUT2D eigenvalue weighted by Gasteiger charge is 2.29. The van der Waals surface area contributed by atoms with Crippen molar-refractivity contribution >= 4 is 34.7 Å². The van der Waals surface area contributed by atoms with Gasteiger partial charge in [-0.3, -0.25) is 0 Å². The van der Waals surface area contributed by atoms with E-state index in [0.717, 1.165) is 55.3 Å². The fourth-order valence-electron chi connectivity index (χ4n) is 5.24. The van der Waals surface area contributed by atoms with Gasteiger partial charge < -0.3 is 9.47 Å². The molecule has 3 aromatic carbocycles. The van der Waals surface area contributed by atoms with Gasteiger partial charge in [-0.2, -0.15) is 0 Å². The molecule has 4 heteroatoms. The largest absolute Gasteiger partial charge is 0.353 e. The summed E-state index contributed by atoms with van der Waals surface area (Å²) in [4.78, 5) is 4.73. The number of aromatic nitrogens is 1. The van der Waals surface area contributed by atoms with Crippen molar-refractivity contribution in [3.05, 3.63) is 112 Å². The molecule has 3 nitrogen and oxygen atoms in total. The van der Waals surface area contributed by atoms with Gasteiger partial charge >= 0.3 is 0 Å². The highest BCUT2D eigenvalue weighted by molar-refractivity contribution is 6.31. The summed E-state index contributed by atoms with van der Waals surface area (Å²) < 4.78 is 12.3. The van der Waals surface area contributed by atoms with Crippen molar-refractivity contribution in [2.24, 2.45) is 0 Å². The van der Waals surface area contributed by atoms with Crippen LogP contribution >= 0.6 is 11.6 Å². The first-order chi connectivity index (χ1) is 18.5. The molecule has 0 aliphatic carbocycles. The topological polar surface area (TPSA) is 31.4 Å². The van der Waals surface area contributed by atoms with Gasteiger partial charge in [0, 0.05) is 17.0 Å². The van der Waals surface area contributed by atoms with E-state index in [9.17, 15) is 0 Å². The summed E-state index contributed by atoms with van der Waals surface area (Å²) >= 11 is 6.14. The third kappa shape index (κ3) is 6.91. The van der Waals surface area contributed by atoms with Crippen LogP contribution in [-0.4, -0.2) is 17.9 Å². The predicted octanol–water partition coefficient (Wildman–Crippen LogP) is 9.01. The molecule has 1 unspecified atom stereocenters. The molecule has 2 heterocycles. The Morgan fingerprint density at radius 1 is 0.947 bits per heavy atom. The predicted molar refractivity (Wildman–Crippen MR) is 158 cm³/mol. The van der Waals surface area contributed by atoms with Crippen LogP contribution in [0.15, 0.2) is 78.9 Å². The average Bonchev–Trinajstić information content (AvgIpc) is 2.92. The summed E-state index contributed by atoms with van der Waals surface area (Å²) in [6, 6.07) is 27.4. The molecule has 1 fully saturated rings. The van der Waals surface area contributed by atoms with Crippen molar-refractivity contribution < 1.29 is 9.47 Å². The van der Waals surface area contributed by atoms with Gasteiger partial charge in [0.15, 0.2) is 6.29 Å². The first-order valence-electron chi connectivity index (χ1n) is 13.7. The number of pyridine rings is 1. The lowest BCUT2D eigenvalue weighted by molar-refractivity contribution is -0.219. The molecule has 196 valence electrons. The Labute approximate surface area is 231 Å². The summed E-state index contributed by atoms with van der Waals surface area (Å²) in [6.07, 6.45) is 10.5. The Kier molecular flexibility index (Phi) is 8.58. The smallest absolute Gasteiger partial charge is 0.158 e. The maximum atomic E-state index is 6.44. The normalized spacial score (nSPS) is 16.3. The Morgan fingerprint density at radius 2 is 1.82 bits per heavy atom. The highest BCUT2D eigenvalue weighted by atomic mass is 35.5. The zero-order valence-corrected chi connectivity index (χ0v) is 23.1. The molecule has 4 aromatic rings. The second-order valence-electron chi connectivity index (χ2n) is 10.6. The summed E-state index contributed by atoms with van der Waals surface area (Å²) in [5.41, 5.74) is 6.58. The van der Waals surface area contributed by atoms with Crippen LogP contribution in [-0.2, 0) is 27.9 Å². The lowest BCUT2D eigenvalue weighted by Crippen LogP contribution is -2.33. The fraction of sp³-hybridized carbons (Fsp3) is 0.324. The van der Waals surface area contributed by atoms with Crippen LogP contribution in [0.25, 0.3) is 23.1 Å². The van der Waals surface area contributed by atoms with Crippen molar-refractivity contribution in [1.29, 1.82) is 0 Å². The molecule has 1 aliphatic rings. The molecule has 0 amide bonds. The minimum Gasteiger partial charge on any atom is -0.353 e. The fourth-order valence-corrected chi connectivity index (χ4v) is 5.40. The molecule has 1 saturated heterocycles. The molecule has 5 rings (SSSR count). The molecule has 0 spiro atoms. The molecule has 1 aromatic heterocycles. The van der Waals surface area contributed by atoms with E-state index in [0.29, 0.717) is 5.02 Å². The van der Waals surface area contributed by atoms with Crippen LogP contribution in [0.3, 0.4) is 0 Å². The van der Waals surface area contributed by atoms with Gasteiger partial charge in [0.25, 0.3) is 0 Å². The lowest BCUT2D eigenvalue weighted by atomic mass is 9.90. The van der Waals surface area contributed by atoms with Gasteiger partial charge in [-0.15, -0.1) is 0 Å². The number of benzene rings is 3. The van der Waals surface area contributed by atoms with Crippen LogP contribution in [0.4, 0.5) is 0 Å². The van der Waals surface area contributed by atoms with Crippen LogP contribution in [0, 0.1) is 0 Å². The SMILES string of the molecule is CC(C)(OC1CCCCO1)c1ccccc1CCCc1cccc(/C=C/c2ccc3ccc(Cl)cc3n2)c1. The summed E-state index contributed by atoms with van der Waals surface area (Å²) in [5.74, 6) is 0. The summed E-state index contributed by atoms with van der Waals surface area (Å²) in [7, 11) is 0. The number of halogens is 1. The van der Waals surface area contributed by atoms with Crippen molar-refractivity contribution in [3.8, 4) is 0 Å². The summed E-state index contributed by atoms with van der Waals surface area (Å²) in [5, 5.41) is 1.79. The molecule has 38 heavy (non-hydrogen) atoms. The van der Waals surface area contributed by atoms with E-state index in [1.807, 2.05) is 24.3 Å². The van der Waals surface area contributed by atoms with Gasteiger partial charge in [0.2, 0.25) is 0 Å². The van der Waals surface area contributed by atoms with E-state index in [2.05, 4.69) is 80.6 Å². The first-order valence-corrected chi connectivity index (χ1v) is 14.1. The van der Waals surface area contributed by atoms with Crippen LogP contribution < -0.4 is 0 Å². The number of aryl methyl sites for hydroxylation is 2. The number of hydrogen-bond donors (Lipinski definition) is 0. The van der Waals surface area contributed by atoms with Gasteiger partial charge in [-0.25, -0.2) is 4.98 Å². The van der Waals surface area contributed by atoms with Crippen molar-refractivity contribution in [2.75, 3.05) is 6.61 Å². The highest BCUT2D eigenvalue weighted by Crippen LogP contribution is 2.32. The van der Waals surface area contributed by atoms with Gasteiger partial charge in [-0.05, 0) is 98.9 Å². The van der Waals surface area contributed by atoms with E-state index in [4.69, 9.17) is 26.1 Å². The number of rotatable bonds is 9. The molecular weight excluding hydrogens is 490 g/mol. The zero-order chi connectivity index (χ0) is 26.4. The molecule has 0 radical (unpaired) electrons. The minimum atomic E-state index is -0.383. The molecule has 0 N–H and O–H groups in total. The van der Waals surface area contributed by atoms with E-state index in [-0.39, 0.29) is 11.9 Å². The van der Waals surface area contributed by atoms with E-state index in [1.165, 1.54) is 28.7 Å². The second kappa shape index (κ2) is 12.3. The van der Waals surface area contributed by atoms with Crippen LogP contribution in [0.1, 0.15) is 67.5 Å². The van der Waals surface area contributed by atoms with Gasteiger partial charge in [0.05, 0.1) is 16.8 Å². The van der Waals surface area contributed by atoms with E-state index < -0.39 is 0 Å². The number of fused-ring (bicyclic) bond motifs is 1. The van der Waals surface area contributed by atoms with E-state index in [1.54, 1.807) is 0 Å². The Bertz CT molecular complexity index is 1400. The lowest BCUT2D eigenvalue weighted by Gasteiger charge is -2.34. The van der Waals surface area contributed by atoms with Crippen molar-refractivity contribution in [2.45, 2.75) is 64.3 Å². The van der Waals surface area contributed by atoms with Crippen molar-refractivity contribution in [3.63, 3.8) is 0 Å². The zero-order valence-electron chi connectivity index (χ0n) is 22.3. The average molecular weight is 526 g/mol. The quantitative estimate of drug-likeness (QED) is 0.218. The van der Waals surface area contributed by atoms with Crippen LogP contribution in [0.2, 0.25) is 5.02 Å². The Morgan fingerprint density at radius 3 is 2.68 bits per heavy atom. The van der Waals surface area contributed by atoms with Gasteiger partial charge in [-0.1, -0.05) is 78.3 Å². The third-order valence-electron chi connectivity index (χ3n) is 7.21. The first kappa shape index (κ1) is 26.6. The maximum absolute atomic E-state index is 6.44. The maximum Gasteiger partial charge on any atom is 0.158 e. The Balaban J connectivity index is 1.21. The molecule has 1 atom stereocenters. The molecular formula is C34H36ClNO2. The molecule has 1 aliphatic heterocycles. The third-order valence-corrected chi connectivity index (χ3v) is 7.45. The van der Waals surface area contributed by atoms with Gasteiger partial charge in [0.1, 0.15) is 0 Å². The van der Waals surface area contributed by atoms with Crippen LogP contribution in [0.5, 0.6) is 0 Å². The number of hydrogen-bond acceptors (Lipinski definition) is 3. The Hall–Kier alpha value is -2.98. The summed E-state index contributed by atoms with van der Waals surface area (Å²) in [6.45, 7) is 5.13. The monoisotopic (exact) mass is 525 g/mol. The second-order valence-corrected chi connectivity index (χ2v) is 11.0. The van der Waals surface area contributed by atoms with Crippen molar-refractivity contribution in [1.82, 2.24) is 4.98 Å². The molecule has 0 bridgehead atoms. The van der Waals surface area contributed by atoms with E-state index >= 15 is 0 Å².